The van der Waals surface area contributed by atoms with Gasteiger partial charge in [0.05, 0.1) is 19.1 Å². The Hall–Kier alpha value is -3.35. The second-order valence-corrected chi connectivity index (χ2v) is 5.76. The quantitative estimate of drug-likeness (QED) is 0.623. The predicted octanol–water partition coefficient (Wildman–Crippen LogP) is 2.92. The van der Waals surface area contributed by atoms with Gasteiger partial charge in [-0.15, -0.1) is 0 Å². The van der Waals surface area contributed by atoms with Crippen molar-refractivity contribution in [2.24, 2.45) is 0 Å². The minimum atomic E-state index is -0.376. The summed E-state index contributed by atoms with van der Waals surface area (Å²) in [4.78, 5) is 17.1. The summed E-state index contributed by atoms with van der Waals surface area (Å²) < 4.78 is 15.7. The number of pyridine rings is 1. The summed E-state index contributed by atoms with van der Waals surface area (Å²) in [7, 11) is 0. The van der Waals surface area contributed by atoms with Gasteiger partial charge in [-0.2, -0.15) is 0 Å². The van der Waals surface area contributed by atoms with Crippen LogP contribution < -0.4 is 5.73 Å². The molecule has 25 heavy (non-hydrogen) atoms. The molecule has 0 saturated carbocycles. The summed E-state index contributed by atoms with van der Waals surface area (Å²) in [6.07, 6.45) is 4.29. The Morgan fingerprint density at radius 1 is 1.16 bits per heavy atom. The lowest BCUT2D eigenvalue weighted by Gasteiger charge is -2.11. The number of hydrogen-bond donors (Lipinski definition) is 1. The summed E-state index contributed by atoms with van der Waals surface area (Å²) >= 11 is 0. The van der Waals surface area contributed by atoms with Gasteiger partial charge in [0, 0.05) is 17.3 Å². The number of nitrogens with two attached hydrogens (primary N) is 1. The number of benzene rings is 1. The van der Waals surface area contributed by atoms with Crippen molar-refractivity contribution in [1.29, 1.82) is 0 Å². The van der Waals surface area contributed by atoms with Gasteiger partial charge in [0.15, 0.2) is 23.2 Å². The average molecular weight is 334 g/mol. The molecular weight excluding hydrogens is 319 g/mol. The van der Waals surface area contributed by atoms with E-state index >= 15 is 0 Å². The summed E-state index contributed by atoms with van der Waals surface area (Å²) in [5, 5.41) is 0. The molecule has 0 saturated heterocycles. The largest absolute Gasteiger partial charge is 0.382 e. The molecule has 0 unspecified atom stereocenters. The van der Waals surface area contributed by atoms with Crippen molar-refractivity contribution in [3.63, 3.8) is 0 Å². The molecule has 1 aromatic heterocycles. The Labute approximate surface area is 143 Å². The second-order valence-electron chi connectivity index (χ2n) is 5.76. The smallest absolute Gasteiger partial charge is 0.166 e. The van der Waals surface area contributed by atoms with Gasteiger partial charge in [-0.05, 0) is 18.6 Å². The van der Waals surface area contributed by atoms with Crippen LogP contribution in [0.2, 0.25) is 0 Å². The van der Waals surface area contributed by atoms with E-state index < -0.39 is 0 Å². The first-order chi connectivity index (χ1) is 12.1. The zero-order chi connectivity index (χ0) is 17.4. The van der Waals surface area contributed by atoms with Crippen molar-refractivity contribution in [3.05, 3.63) is 66.0 Å². The molecule has 0 spiro atoms. The van der Waals surface area contributed by atoms with E-state index in [1.165, 1.54) is 6.20 Å². The number of anilines is 1. The predicted molar refractivity (Wildman–Crippen MR) is 92.3 cm³/mol. The van der Waals surface area contributed by atoms with E-state index in [0.717, 1.165) is 11.1 Å². The van der Waals surface area contributed by atoms with Gasteiger partial charge in [-0.3, -0.25) is 4.98 Å². The molecule has 2 N–H and O–H groups in total. The van der Waals surface area contributed by atoms with E-state index in [4.69, 9.17) is 5.73 Å². The third kappa shape index (κ3) is 2.69. The molecular formula is C18H15FN6. The van der Waals surface area contributed by atoms with Crippen molar-refractivity contribution in [2.75, 3.05) is 5.73 Å². The van der Waals surface area contributed by atoms with E-state index in [1.807, 2.05) is 31.2 Å². The van der Waals surface area contributed by atoms with E-state index in [1.54, 1.807) is 23.2 Å². The fraction of sp³-hybridized carbons (Fsp3) is 0.111. The first kappa shape index (κ1) is 15.2. The highest BCUT2D eigenvalue weighted by molar-refractivity contribution is 5.72. The van der Waals surface area contributed by atoms with Crippen molar-refractivity contribution < 1.29 is 4.39 Å². The number of imidazole rings is 1. The van der Waals surface area contributed by atoms with Gasteiger partial charge in [0.1, 0.15) is 5.82 Å². The highest BCUT2D eigenvalue weighted by Crippen LogP contribution is 2.29. The lowest BCUT2D eigenvalue weighted by atomic mass is 10.1. The number of fused-ring (bicyclic) bond motifs is 1. The first-order valence-electron chi connectivity index (χ1n) is 7.76. The van der Waals surface area contributed by atoms with Crippen LogP contribution in [0.4, 0.5) is 10.2 Å². The maximum absolute atomic E-state index is 13.9. The van der Waals surface area contributed by atoms with Gasteiger partial charge in [-0.25, -0.2) is 19.3 Å². The molecule has 2 aromatic rings. The maximum atomic E-state index is 13.9. The standard InChI is InChI=1S/C18H15FN6/c1-11-4-2-3-5-13(11)17-23-15-16(20)22-10-25(18(15)24-17)9-12-6-7-21-8-14(12)19/h2-8,10H,9,20H2,1H3. The van der Waals surface area contributed by atoms with Crippen LogP contribution in [0.5, 0.6) is 0 Å². The lowest BCUT2D eigenvalue weighted by Crippen LogP contribution is -2.10. The van der Waals surface area contributed by atoms with Gasteiger partial charge in [0.2, 0.25) is 0 Å². The van der Waals surface area contributed by atoms with Crippen molar-refractivity contribution in [2.45, 2.75) is 13.5 Å². The molecule has 124 valence electrons. The van der Waals surface area contributed by atoms with Crippen LogP contribution in [-0.4, -0.2) is 24.5 Å². The molecule has 0 bridgehead atoms. The van der Waals surface area contributed by atoms with Crippen LogP contribution in [0.25, 0.3) is 22.9 Å². The molecule has 0 fully saturated rings. The third-order valence-corrected chi connectivity index (χ3v) is 4.08. The number of aryl methyl sites for hydroxylation is 1. The topological polar surface area (TPSA) is 82.5 Å². The Morgan fingerprint density at radius 2 is 2.00 bits per heavy atom. The molecule has 6 nitrogen and oxygen atoms in total. The SMILES string of the molecule is Cc1ccccc1-c1nc2c(N)ncn(Cc3ccncc3F)c-2n1. The minimum Gasteiger partial charge on any atom is -0.382 e. The van der Waals surface area contributed by atoms with Crippen LogP contribution in [0.15, 0.2) is 49.1 Å². The van der Waals surface area contributed by atoms with E-state index in [2.05, 4.69) is 19.9 Å². The van der Waals surface area contributed by atoms with Crippen molar-refractivity contribution >= 4 is 5.82 Å². The van der Waals surface area contributed by atoms with Gasteiger partial charge >= 0.3 is 0 Å². The summed E-state index contributed by atoms with van der Waals surface area (Å²) in [5.41, 5.74) is 8.97. The number of halogens is 1. The number of aromatic nitrogens is 5. The molecule has 0 radical (unpaired) electrons. The lowest BCUT2D eigenvalue weighted by molar-refractivity contribution is 0.591. The first-order valence-corrected chi connectivity index (χ1v) is 7.76. The molecule has 1 aromatic carbocycles. The Bertz CT molecular complexity index is 1030. The highest BCUT2D eigenvalue weighted by Gasteiger charge is 2.20. The van der Waals surface area contributed by atoms with Crippen LogP contribution in [0, 0.1) is 12.7 Å². The highest BCUT2D eigenvalue weighted by atomic mass is 19.1. The zero-order valence-electron chi connectivity index (χ0n) is 13.5. The number of hydrogen-bond acceptors (Lipinski definition) is 5. The van der Waals surface area contributed by atoms with E-state index in [-0.39, 0.29) is 12.4 Å². The molecule has 4 rings (SSSR count). The Morgan fingerprint density at radius 3 is 2.80 bits per heavy atom. The van der Waals surface area contributed by atoms with Crippen LogP contribution in [-0.2, 0) is 6.54 Å². The van der Waals surface area contributed by atoms with Crippen molar-refractivity contribution in [3.8, 4) is 22.9 Å². The monoisotopic (exact) mass is 334 g/mol. The normalized spacial score (nSPS) is 11.1. The third-order valence-electron chi connectivity index (χ3n) is 4.08. The van der Waals surface area contributed by atoms with Crippen LogP contribution >= 0.6 is 0 Å². The Balaban J connectivity index is 1.84. The fourth-order valence-electron chi connectivity index (χ4n) is 2.73. The molecule has 2 aliphatic heterocycles. The van der Waals surface area contributed by atoms with Crippen LogP contribution in [0.3, 0.4) is 0 Å². The molecule has 0 amide bonds. The molecule has 2 aliphatic rings. The molecule has 0 aliphatic carbocycles. The van der Waals surface area contributed by atoms with Crippen LogP contribution in [0.1, 0.15) is 11.1 Å². The van der Waals surface area contributed by atoms with Crippen molar-refractivity contribution in [1.82, 2.24) is 24.5 Å². The van der Waals surface area contributed by atoms with Gasteiger partial charge in [-0.1, -0.05) is 24.3 Å². The average Bonchev–Trinajstić information content (AvgIpc) is 3.06. The fourth-order valence-corrected chi connectivity index (χ4v) is 2.73. The van der Waals surface area contributed by atoms with Gasteiger partial charge < -0.3 is 10.3 Å². The summed E-state index contributed by atoms with van der Waals surface area (Å²) in [5.74, 6) is 1.08. The number of nitrogens with zero attached hydrogens (tertiary/aromatic N) is 5. The van der Waals surface area contributed by atoms with E-state index in [9.17, 15) is 4.39 Å². The Kier molecular flexibility index (Phi) is 3.61. The molecule has 3 heterocycles. The summed E-state index contributed by atoms with van der Waals surface area (Å²) in [6, 6.07) is 9.48. The number of nitrogen functional groups attached to an aromatic ring is 1. The zero-order valence-corrected chi connectivity index (χ0v) is 13.5. The minimum absolute atomic E-state index is 0.268. The second kappa shape index (κ2) is 5.94. The maximum Gasteiger partial charge on any atom is 0.166 e. The van der Waals surface area contributed by atoms with Gasteiger partial charge in [0.25, 0.3) is 0 Å². The number of rotatable bonds is 3. The molecule has 7 heteroatoms. The molecule has 0 atom stereocenters. The summed E-state index contributed by atoms with van der Waals surface area (Å²) in [6.45, 7) is 2.27. The van der Waals surface area contributed by atoms with E-state index in [0.29, 0.717) is 28.7 Å².